The van der Waals surface area contributed by atoms with Crippen LogP contribution in [0.3, 0.4) is 0 Å². The molecule has 160 valence electrons. The van der Waals surface area contributed by atoms with Crippen molar-refractivity contribution in [2.45, 2.75) is 13.0 Å². The zero-order chi connectivity index (χ0) is 21.3. The highest BCUT2D eigenvalue weighted by molar-refractivity contribution is 5.92. The Kier molecular flexibility index (Phi) is 7.88. The number of rotatable bonds is 8. The van der Waals surface area contributed by atoms with Crippen LogP contribution in [0, 0.1) is 6.92 Å². The van der Waals surface area contributed by atoms with Crippen molar-refractivity contribution < 1.29 is 23.9 Å². The fourth-order valence-corrected chi connectivity index (χ4v) is 3.52. The second kappa shape index (κ2) is 10.8. The predicted octanol–water partition coefficient (Wildman–Crippen LogP) is 1.80. The zero-order valence-corrected chi connectivity index (χ0v) is 17.9. The summed E-state index contributed by atoms with van der Waals surface area (Å²) in [6, 6.07) is 13.8. The summed E-state index contributed by atoms with van der Waals surface area (Å²) in [5.41, 5.74) is 3.16. The number of morpholine rings is 1. The van der Waals surface area contributed by atoms with Crippen molar-refractivity contribution in [1.82, 2.24) is 5.32 Å². The van der Waals surface area contributed by atoms with E-state index in [1.807, 2.05) is 12.1 Å². The lowest BCUT2D eigenvalue weighted by Crippen LogP contribution is -3.14. The Balaban J connectivity index is 1.72. The van der Waals surface area contributed by atoms with Gasteiger partial charge in [-0.15, -0.1) is 0 Å². The second-order valence-corrected chi connectivity index (χ2v) is 7.52. The van der Waals surface area contributed by atoms with Crippen LogP contribution in [-0.2, 0) is 9.53 Å². The van der Waals surface area contributed by atoms with Crippen LogP contribution in [0.25, 0.3) is 6.08 Å². The molecular weight excluding hydrogens is 380 g/mol. The zero-order valence-electron chi connectivity index (χ0n) is 17.9. The maximum atomic E-state index is 12.7. The Bertz CT molecular complexity index is 836. The molecule has 3 rings (SSSR count). The van der Waals surface area contributed by atoms with E-state index < -0.39 is 0 Å². The van der Waals surface area contributed by atoms with Crippen molar-refractivity contribution in [2.75, 3.05) is 47.1 Å². The van der Waals surface area contributed by atoms with Gasteiger partial charge in [0.2, 0.25) is 5.91 Å². The minimum atomic E-state index is -0.130. The molecule has 0 aliphatic carbocycles. The third kappa shape index (κ3) is 6.34. The first kappa shape index (κ1) is 21.9. The number of carbonyl (C=O) groups excluding carboxylic acids is 1. The topological polar surface area (TPSA) is 61.2 Å². The van der Waals surface area contributed by atoms with Crippen molar-refractivity contribution >= 4 is 12.0 Å². The van der Waals surface area contributed by atoms with Gasteiger partial charge in [-0.2, -0.15) is 0 Å². The van der Waals surface area contributed by atoms with Gasteiger partial charge in [-0.25, -0.2) is 0 Å². The molecule has 0 bridgehead atoms. The van der Waals surface area contributed by atoms with E-state index in [2.05, 4.69) is 36.5 Å². The fraction of sp³-hybridized carbons (Fsp3) is 0.375. The molecule has 1 aliphatic heterocycles. The Morgan fingerprint density at radius 2 is 1.73 bits per heavy atom. The average Bonchev–Trinajstić information content (AvgIpc) is 2.78. The molecule has 0 aromatic heterocycles. The SMILES string of the molecule is COc1cc(/C=C/C(=O)N[C@H](C[NH+]2CCOCC2)c2ccc(C)cc2)cc(OC)c1. The lowest BCUT2D eigenvalue weighted by Gasteiger charge is -2.28. The minimum absolute atomic E-state index is 0.0595. The van der Waals surface area contributed by atoms with Crippen LogP contribution in [0.1, 0.15) is 22.7 Å². The number of hydrogen-bond acceptors (Lipinski definition) is 4. The van der Waals surface area contributed by atoms with Crippen LogP contribution < -0.4 is 19.7 Å². The van der Waals surface area contributed by atoms with Crippen LogP contribution in [0.5, 0.6) is 11.5 Å². The number of carbonyl (C=O) groups is 1. The Morgan fingerprint density at radius 1 is 1.10 bits per heavy atom. The Hall–Kier alpha value is -2.83. The summed E-state index contributed by atoms with van der Waals surface area (Å²) in [5.74, 6) is 1.24. The summed E-state index contributed by atoms with van der Waals surface area (Å²) in [6.07, 6.45) is 3.33. The van der Waals surface area contributed by atoms with Gasteiger partial charge >= 0.3 is 0 Å². The van der Waals surface area contributed by atoms with E-state index in [4.69, 9.17) is 14.2 Å². The van der Waals surface area contributed by atoms with Gasteiger partial charge < -0.3 is 24.4 Å². The summed E-state index contributed by atoms with van der Waals surface area (Å²) in [6.45, 7) is 6.34. The molecule has 2 aromatic carbocycles. The molecule has 1 fully saturated rings. The van der Waals surface area contributed by atoms with Gasteiger partial charge in [-0.05, 0) is 36.3 Å². The quantitative estimate of drug-likeness (QED) is 0.651. The molecule has 0 saturated carbocycles. The van der Waals surface area contributed by atoms with E-state index in [9.17, 15) is 4.79 Å². The number of ether oxygens (including phenoxy) is 3. The molecule has 0 unspecified atom stereocenters. The van der Waals surface area contributed by atoms with Gasteiger partial charge in [-0.3, -0.25) is 4.79 Å². The minimum Gasteiger partial charge on any atom is -0.497 e. The molecule has 1 saturated heterocycles. The summed E-state index contributed by atoms with van der Waals surface area (Å²) in [7, 11) is 3.21. The molecular formula is C24H31N2O4+. The highest BCUT2D eigenvalue weighted by atomic mass is 16.5. The molecule has 2 N–H and O–H groups in total. The Morgan fingerprint density at radius 3 is 2.33 bits per heavy atom. The molecule has 2 aromatic rings. The predicted molar refractivity (Wildman–Crippen MR) is 117 cm³/mol. The van der Waals surface area contributed by atoms with Gasteiger partial charge in [-0.1, -0.05) is 29.8 Å². The first-order chi connectivity index (χ1) is 14.6. The fourth-order valence-electron chi connectivity index (χ4n) is 3.52. The summed E-state index contributed by atoms with van der Waals surface area (Å²) < 4.78 is 16.1. The average molecular weight is 412 g/mol. The number of benzene rings is 2. The van der Waals surface area contributed by atoms with Crippen molar-refractivity contribution in [3.05, 3.63) is 65.2 Å². The van der Waals surface area contributed by atoms with Gasteiger partial charge in [0.05, 0.1) is 27.4 Å². The first-order valence-corrected chi connectivity index (χ1v) is 10.3. The van der Waals surface area contributed by atoms with Crippen LogP contribution in [0.15, 0.2) is 48.5 Å². The van der Waals surface area contributed by atoms with Gasteiger partial charge in [0.15, 0.2) is 0 Å². The highest BCUT2D eigenvalue weighted by Crippen LogP contribution is 2.23. The normalized spacial score (nSPS) is 15.7. The third-order valence-electron chi connectivity index (χ3n) is 5.29. The van der Waals surface area contributed by atoms with E-state index >= 15 is 0 Å². The molecule has 1 atom stereocenters. The third-order valence-corrected chi connectivity index (χ3v) is 5.29. The van der Waals surface area contributed by atoms with Gasteiger partial charge in [0, 0.05) is 12.1 Å². The van der Waals surface area contributed by atoms with E-state index in [0.29, 0.717) is 11.5 Å². The molecule has 0 spiro atoms. The monoisotopic (exact) mass is 411 g/mol. The first-order valence-electron chi connectivity index (χ1n) is 10.3. The molecule has 0 radical (unpaired) electrons. The van der Waals surface area contributed by atoms with Crippen LogP contribution in [-0.4, -0.2) is 53.0 Å². The number of hydrogen-bond donors (Lipinski definition) is 2. The number of quaternary nitrogens is 1. The molecule has 1 aliphatic rings. The summed E-state index contributed by atoms with van der Waals surface area (Å²) in [4.78, 5) is 14.2. The maximum Gasteiger partial charge on any atom is 0.244 e. The van der Waals surface area contributed by atoms with Crippen molar-refractivity contribution in [2.24, 2.45) is 0 Å². The van der Waals surface area contributed by atoms with Crippen molar-refractivity contribution in [3.8, 4) is 11.5 Å². The van der Waals surface area contributed by atoms with Crippen LogP contribution in [0.2, 0.25) is 0 Å². The molecule has 30 heavy (non-hydrogen) atoms. The van der Waals surface area contributed by atoms with Gasteiger partial charge in [0.25, 0.3) is 0 Å². The standard InChI is InChI=1S/C24H30N2O4/c1-18-4-7-20(8-5-18)23(17-26-10-12-30-13-11-26)25-24(27)9-6-19-14-21(28-2)16-22(15-19)29-3/h4-9,14-16,23H,10-13,17H2,1-3H3,(H,25,27)/p+1/b9-6+/t23-/m1/s1. The smallest absolute Gasteiger partial charge is 0.244 e. The molecule has 1 amide bonds. The van der Waals surface area contributed by atoms with Crippen molar-refractivity contribution in [3.63, 3.8) is 0 Å². The lowest BCUT2D eigenvalue weighted by molar-refractivity contribution is -0.909. The second-order valence-electron chi connectivity index (χ2n) is 7.52. The molecule has 6 nitrogen and oxygen atoms in total. The van der Waals surface area contributed by atoms with Gasteiger partial charge in [0.1, 0.15) is 37.2 Å². The molecule has 6 heteroatoms. The maximum absolute atomic E-state index is 12.7. The van der Waals surface area contributed by atoms with Crippen LogP contribution >= 0.6 is 0 Å². The number of amides is 1. The Labute approximate surface area is 178 Å². The number of methoxy groups -OCH3 is 2. The van der Waals surface area contributed by atoms with E-state index in [0.717, 1.165) is 44.0 Å². The largest absolute Gasteiger partial charge is 0.497 e. The van der Waals surface area contributed by atoms with E-state index in [1.54, 1.807) is 32.4 Å². The van der Waals surface area contributed by atoms with E-state index in [-0.39, 0.29) is 11.9 Å². The summed E-state index contributed by atoms with van der Waals surface area (Å²) in [5, 5.41) is 3.18. The summed E-state index contributed by atoms with van der Waals surface area (Å²) >= 11 is 0. The number of aryl methyl sites for hydroxylation is 1. The molecule has 1 heterocycles. The van der Waals surface area contributed by atoms with Crippen molar-refractivity contribution in [1.29, 1.82) is 0 Å². The number of nitrogens with one attached hydrogen (secondary N) is 2. The lowest BCUT2D eigenvalue weighted by atomic mass is 10.0. The van der Waals surface area contributed by atoms with E-state index in [1.165, 1.54) is 10.5 Å². The highest BCUT2D eigenvalue weighted by Gasteiger charge is 2.22. The van der Waals surface area contributed by atoms with Crippen LogP contribution in [0.4, 0.5) is 0 Å².